The summed E-state index contributed by atoms with van der Waals surface area (Å²) in [5.74, 6) is -0.808. The molecule has 2 rings (SSSR count). The molecule has 0 radical (unpaired) electrons. The highest BCUT2D eigenvalue weighted by Gasteiger charge is 2.16. The molecule has 0 aliphatic rings. The maximum absolute atomic E-state index is 12.0. The zero-order valence-electron chi connectivity index (χ0n) is 11.3. The van der Waals surface area contributed by atoms with Crippen LogP contribution in [0.1, 0.15) is 17.4 Å². The molecule has 0 fully saturated rings. The van der Waals surface area contributed by atoms with Crippen LogP contribution >= 0.6 is 0 Å². The summed E-state index contributed by atoms with van der Waals surface area (Å²) in [6, 6.07) is 8.59. The maximum atomic E-state index is 12.0. The molecular weight excluding hydrogens is 292 g/mol. The second-order valence-electron chi connectivity index (χ2n) is 4.25. The van der Waals surface area contributed by atoms with Gasteiger partial charge in [-0.05, 0) is 30.3 Å². The third-order valence-electron chi connectivity index (χ3n) is 2.85. The quantitative estimate of drug-likeness (QED) is 0.840. The van der Waals surface area contributed by atoms with Crippen LogP contribution < -0.4 is 5.32 Å². The number of benzene rings is 1. The fourth-order valence-electron chi connectivity index (χ4n) is 1.66. The Balaban J connectivity index is 2.32. The van der Waals surface area contributed by atoms with E-state index in [1.807, 2.05) is 0 Å². The number of anilines is 1. The molecule has 0 spiro atoms. The Hall–Kier alpha value is -2.41. The number of aromatic hydroxyl groups is 1. The topological polar surface area (TPSA) is 96.4 Å². The van der Waals surface area contributed by atoms with Gasteiger partial charge in [-0.15, -0.1) is 0 Å². The summed E-state index contributed by atoms with van der Waals surface area (Å²) in [4.78, 5) is 15.9. The van der Waals surface area contributed by atoms with Crippen molar-refractivity contribution in [2.24, 2.45) is 0 Å². The number of nitrogens with zero attached hydrogens (tertiary/aromatic N) is 1. The normalized spacial score (nSPS) is 11.1. The number of hydrogen-bond donors (Lipinski definition) is 2. The molecule has 0 atom stereocenters. The number of aromatic nitrogens is 1. The van der Waals surface area contributed by atoms with Gasteiger partial charge in [0, 0.05) is 6.20 Å². The zero-order chi connectivity index (χ0) is 15.5. The number of pyridine rings is 1. The van der Waals surface area contributed by atoms with Gasteiger partial charge in [0.05, 0.1) is 16.3 Å². The first-order valence-electron chi connectivity index (χ1n) is 6.22. The molecule has 0 bridgehead atoms. The van der Waals surface area contributed by atoms with Crippen molar-refractivity contribution in [1.29, 1.82) is 0 Å². The molecule has 1 aromatic heterocycles. The van der Waals surface area contributed by atoms with E-state index in [2.05, 4.69) is 10.3 Å². The van der Waals surface area contributed by atoms with E-state index in [1.54, 1.807) is 12.1 Å². The lowest BCUT2D eigenvalue weighted by Gasteiger charge is -2.09. The van der Waals surface area contributed by atoms with E-state index < -0.39 is 15.7 Å². The van der Waals surface area contributed by atoms with Crippen LogP contribution in [0.15, 0.2) is 47.5 Å². The number of phenols is 1. The first kappa shape index (κ1) is 15.0. The van der Waals surface area contributed by atoms with Crippen LogP contribution in [-0.4, -0.2) is 30.2 Å². The number of hydrogen-bond acceptors (Lipinski definition) is 5. The molecule has 110 valence electrons. The number of carbonyl (C=O) groups excluding carboxylic acids is 1. The van der Waals surface area contributed by atoms with Gasteiger partial charge in [0.25, 0.3) is 5.91 Å². The summed E-state index contributed by atoms with van der Waals surface area (Å²) in [5, 5.41) is 12.2. The maximum Gasteiger partial charge on any atom is 0.274 e. The summed E-state index contributed by atoms with van der Waals surface area (Å²) in [5.41, 5.74) is 0.195. The molecule has 1 aromatic carbocycles. The average Bonchev–Trinajstić information content (AvgIpc) is 2.50. The highest BCUT2D eigenvalue weighted by molar-refractivity contribution is 7.91. The van der Waals surface area contributed by atoms with Gasteiger partial charge in [0.2, 0.25) is 0 Å². The van der Waals surface area contributed by atoms with Crippen molar-refractivity contribution < 1.29 is 18.3 Å². The predicted molar refractivity (Wildman–Crippen MR) is 78.0 cm³/mol. The van der Waals surface area contributed by atoms with Crippen molar-refractivity contribution in [3.63, 3.8) is 0 Å². The number of phenolic OH excluding ortho intramolecular Hbond substituents is 1. The third kappa shape index (κ3) is 3.38. The number of amides is 1. The predicted octanol–water partition coefficient (Wildman–Crippen LogP) is 1.83. The molecule has 7 heteroatoms. The lowest BCUT2D eigenvalue weighted by Crippen LogP contribution is -2.14. The smallest absolute Gasteiger partial charge is 0.274 e. The Bertz CT molecular complexity index is 758. The average molecular weight is 306 g/mol. The minimum absolute atomic E-state index is 0.0279. The van der Waals surface area contributed by atoms with Crippen molar-refractivity contribution in [3.05, 3.63) is 48.3 Å². The highest BCUT2D eigenvalue weighted by Crippen LogP contribution is 2.27. The molecule has 1 heterocycles. The van der Waals surface area contributed by atoms with E-state index in [4.69, 9.17) is 0 Å². The molecule has 0 saturated heterocycles. The molecule has 2 N–H and O–H groups in total. The van der Waals surface area contributed by atoms with Gasteiger partial charge in [-0.25, -0.2) is 8.42 Å². The van der Waals surface area contributed by atoms with Crippen LogP contribution in [0.3, 0.4) is 0 Å². The van der Waals surface area contributed by atoms with Crippen LogP contribution in [0.25, 0.3) is 0 Å². The molecular formula is C14H14N2O4S. The van der Waals surface area contributed by atoms with Crippen molar-refractivity contribution in [3.8, 4) is 5.75 Å². The van der Waals surface area contributed by atoms with Crippen LogP contribution in [0.2, 0.25) is 0 Å². The Morgan fingerprint density at radius 3 is 2.67 bits per heavy atom. The van der Waals surface area contributed by atoms with Gasteiger partial charge in [-0.1, -0.05) is 13.0 Å². The van der Waals surface area contributed by atoms with E-state index >= 15 is 0 Å². The van der Waals surface area contributed by atoms with Gasteiger partial charge in [-0.3, -0.25) is 9.78 Å². The van der Waals surface area contributed by atoms with Gasteiger partial charge in [-0.2, -0.15) is 0 Å². The third-order valence-corrected chi connectivity index (χ3v) is 4.59. The fourth-order valence-corrected chi connectivity index (χ4v) is 2.56. The van der Waals surface area contributed by atoms with E-state index in [-0.39, 0.29) is 27.8 Å². The van der Waals surface area contributed by atoms with Crippen LogP contribution in [0.4, 0.5) is 5.69 Å². The standard InChI is InChI=1S/C14H14N2O4S/c1-2-21(19,20)10-6-7-13(17)12(9-10)16-14(18)11-5-3-4-8-15-11/h3-9,17H,2H2,1H3,(H,16,18). The van der Waals surface area contributed by atoms with Crippen LogP contribution in [0, 0.1) is 0 Å². The van der Waals surface area contributed by atoms with Crippen molar-refractivity contribution in [2.45, 2.75) is 11.8 Å². The monoisotopic (exact) mass is 306 g/mol. The Morgan fingerprint density at radius 1 is 1.29 bits per heavy atom. The Kier molecular flexibility index (Phi) is 4.23. The minimum atomic E-state index is -3.42. The Morgan fingerprint density at radius 2 is 2.05 bits per heavy atom. The summed E-state index contributed by atoms with van der Waals surface area (Å²) in [7, 11) is -3.42. The van der Waals surface area contributed by atoms with E-state index in [9.17, 15) is 18.3 Å². The zero-order valence-corrected chi connectivity index (χ0v) is 12.1. The van der Waals surface area contributed by atoms with Crippen molar-refractivity contribution in [1.82, 2.24) is 4.98 Å². The molecule has 6 nitrogen and oxygen atoms in total. The molecule has 2 aromatic rings. The number of sulfone groups is 1. The summed E-state index contributed by atoms with van der Waals surface area (Å²) in [6.07, 6.45) is 1.47. The van der Waals surface area contributed by atoms with Gasteiger partial charge in [0.15, 0.2) is 9.84 Å². The summed E-state index contributed by atoms with van der Waals surface area (Å²) >= 11 is 0. The summed E-state index contributed by atoms with van der Waals surface area (Å²) in [6.45, 7) is 1.52. The van der Waals surface area contributed by atoms with Gasteiger partial charge in [0.1, 0.15) is 11.4 Å². The van der Waals surface area contributed by atoms with Gasteiger partial charge < -0.3 is 10.4 Å². The molecule has 1 amide bonds. The summed E-state index contributed by atoms with van der Waals surface area (Å²) < 4.78 is 23.6. The number of carbonyl (C=O) groups is 1. The second-order valence-corrected chi connectivity index (χ2v) is 6.53. The molecule has 21 heavy (non-hydrogen) atoms. The van der Waals surface area contributed by atoms with Crippen molar-refractivity contribution in [2.75, 3.05) is 11.1 Å². The molecule has 0 saturated carbocycles. The number of rotatable bonds is 4. The van der Waals surface area contributed by atoms with E-state index in [1.165, 1.54) is 37.4 Å². The van der Waals surface area contributed by atoms with E-state index in [0.717, 1.165) is 0 Å². The number of nitrogens with one attached hydrogen (secondary N) is 1. The SMILES string of the molecule is CCS(=O)(=O)c1ccc(O)c(NC(=O)c2ccccn2)c1. The lowest BCUT2D eigenvalue weighted by atomic mass is 10.2. The molecule has 0 aliphatic carbocycles. The second kappa shape index (κ2) is 5.92. The van der Waals surface area contributed by atoms with Crippen LogP contribution in [0.5, 0.6) is 5.75 Å². The first-order valence-corrected chi connectivity index (χ1v) is 7.87. The minimum Gasteiger partial charge on any atom is -0.506 e. The molecule has 0 aliphatic heterocycles. The van der Waals surface area contributed by atoms with Crippen LogP contribution in [-0.2, 0) is 9.84 Å². The largest absolute Gasteiger partial charge is 0.506 e. The highest BCUT2D eigenvalue weighted by atomic mass is 32.2. The lowest BCUT2D eigenvalue weighted by molar-refractivity contribution is 0.102. The Labute approximate surface area is 122 Å². The van der Waals surface area contributed by atoms with E-state index in [0.29, 0.717) is 0 Å². The molecule has 0 unspecified atom stereocenters. The first-order chi connectivity index (χ1) is 9.94. The fraction of sp³-hybridized carbons (Fsp3) is 0.143. The van der Waals surface area contributed by atoms with Gasteiger partial charge >= 0.3 is 0 Å². The van der Waals surface area contributed by atoms with Crippen molar-refractivity contribution >= 4 is 21.4 Å².